The lowest BCUT2D eigenvalue weighted by molar-refractivity contribution is -0.297. The highest BCUT2D eigenvalue weighted by Gasteiger charge is 2.46. The van der Waals surface area contributed by atoms with E-state index in [0.29, 0.717) is 12.8 Å². The maximum Gasteiger partial charge on any atom is 0.306 e. The molecule has 6 atom stereocenters. The molecule has 1 heterocycles. The number of carbonyl (C=O) groups excluding carboxylic acids is 2. The van der Waals surface area contributed by atoms with Crippen molar-refractivity contribution in [3.63, 3.8) is 0 Å². The summed E-state index contributed by atoms with van der Waals surface area (Å²) in [6.45, 7) is 3.78. The zero-order valence-corrected chi connectivity index (χ0v) is 41.2. The summed E-state index contributed by atoms with van der Waals surface area (Å²) in [6, 6.07) is 0. The number of esters is 2. The fraction of sp³-hybridized carbons (Fsp3) is 0.882. The van der Waals surface area contributed by atoms with E-state index in [1.54, 1.807) is 0 Å². The van der Waals surface area contributed by atoms with Crippen LogP contribution in [-0.4, -0.2) is 96.0 Å². The highest BCUT2D eigenvalue weighted by molar-refractivity contribution is 7.85. The third kappa shape index (κ3) is 35.3. The van der Waals surface area contributed by atoms with E-state index in [1.165, 1.54) is 141 Å². The van der Waals surface area contributed by atoms with Crippen molar-refractivity contribution in [2.24, 2.45) is 0 Å². The molecule has 1 rings (SSSR count). The van der Waals surface area contributed by atoms with Crippen molar-refractivity contribution in [3.8, 4) is 0 Å². The van der Waals surface area contributed by atoms with Crippen LogP contribution in [0.5, 0.6) is 0 Å². The van der Waals surface area contributed by atoms with Gasteiger partial charge < -0.3 is 34.3 Å². The normalized spacial score (nSPS) is 19.8. The second-order valence-corrected chi connectivity index (χ2v) is 19.7. The van der Waals surface area contributed by atoms with Crippen molar-refractivity contribution >= 4 is 22.1 Å². The van der Waals surface area contributed by atoms with Crippen LogP contribution in [0.25, 0.3) is 0 Å². The predicted molar refractivity (Wildman–Crippen MR) is 256 cm³/mol. The maximum atomic E-state index is 12.9. The van der Waals surface area contributed by atoms with E-state index in [4.69, 9.17) is 18.9 Å². The summed E-state index contributed by atoms with van der Waals surface area (Å²) in [5.74, 6) is -1.98. The first kappa shape index (κ1) is 60.1. The van der Waals surface area contributed by atoms with Gasteiger partial charge in [0, 0.05) is 12.8 Å². The topological polar surface area (TPSA) is 186 Å². The molecule has 0 aromatic rings. The van der Waals surface area contributed by atoms with E-state index in [0.717, 1.165) is 51.4 Å². The average molecular weight is 931 g/mol. The number of rotatable bonds is 44. The molecule has 0 aromatic carbocycles. The Hall–Kier alpha value is -1.87. The molecule has 1 aliphatic heterocycles. The van der Waals surface area contributed by atoms with Crippen LogP contribution in [0.15, 0.2) is 24.3 Å². The lowest BCUT2D eigenvalue weighted by Crippen LogP contribution is -2.60. The Labute approximate surface area is 389 Å². The van der Waals surface area contributed by atoms with Crippen LogP contribution in [0.3, 0.4) is 0 Å². The summed E-state index contributed by atoms with van der Waals surface area (Å²) in [7, 11) is -4.60. The second kappa shape index (κ2) is 41.3. The van der Waals surface area contributed by atoms with Gasteiger partial charge in [-0.05, 0) is 64.2 Å². The Morgan fingerprint density at radius 1 is 0.516 bits per heavy atom. The number of ether oxygens (including phenoxy) is 4. The molecule has 376 valence electrons. The molecule has 1 fully saturated rings. The quantitative estimate of drug-likeness (QED) is 0.0196. The first-order valence-electron chi connectivity index (χ1n) is 25.9. The van der Waals surface area contributed by atoms with Crippen molar-refractivity contribution in [2.75, 3.05) is 19.0 Å². The van der Waals surface area contributed by atoms with E-state index in [-0.39, 0.29) is 19.4 Å². The average Bonchev–Trinajstić information content (AvgIpc) is 3.26. The minimum atomic E-state index is -4.60. The van der Waals surface area contributed by atoms with E-state index in [1.807, 2.05) is 0 Å². The monoisotopic (exact) mass is 931 g/mol. The largest absolute Gasteiger partial charge is 0.462 e. The van der Waals surface area contributed by atoms with Gasteiger partial charge in [0.25, 0.3) is 10.1 Å². The summed E-state index contributed by atoms with van der Waals surface area (Å²) < 4.78 is 54.2. The van der Waals surface area contributed by atoms with Crippen LogP contribution >= 0.6 is 0 Å². The van der Waals surface area contributed by atoms with E-state index < -0.39 is 71.2 Å². The van der Waals surface area contributed by atoms with Gasteiger partial charge in [-0.3, -0.25) is 14.1 Å². The molecule has 1 aliphatic rings. The van der Waals surface area contributed by atoms with Gasteiger partial charge in [-0.1, -0.05) is 179 Å². The molecular weight excluding hydrogens is 837 g/mol. The number of hydrogen-bond acceptors (Lipinski definition) is 11. The van der Waals surface area contributed by atoms with Crippen molar-refractivity contribution in [3.05, 3.63) is 24.3 Å². The van der Waals surface area contributed by atoms with Gasteiger partial charge in [-0.15, -0.1) is 0 Å². The zero-order valence-electron chi connectivity index (χ0n) is 40.4. The first-order chi connectivity index (χ1) is 31.0. The number of carbonyl (C=O) groups is 2. The summed E-state index contributed by atoms with van der Waals surface area (Å²) in [5.41, 5.74) is 0. The number of hydrogen-bond donors (Lipinski definition) is 4. The molecule has 64 heavy (non-hydrogen) atoms. The van der Waals surface area contributed by atoms with Gasteiger partial charge in [-0.25, -0.2) is 0 Å². The van der Waals surface area contributed by atoms with Crippen molar-refractivity contribution in [1.82, 2.24) is 0 Å². The minimum Gasteiger partial charge on any atom is -0.462 e. The molecule has 0 radical (unpaired) electrons. The fourth-order valence-electron chi connectivity index (χ4n) is 7.96. The van der Waals surface area contributed by atoms with E-state index >= 15 is 0 Å². The van der Waals surface area contributed by atoms with Gasteiger partial charge in [0.1, 0.15) is 36.8 Å². The van der Waals surface area contributed by atoms with E-state index in [2.05, 4.69) is 38.2 Å². The second-order valence-electron chi connectivity index (χ2n) is 18.2. The summed E-state index contributed by atoms with van der Waals surface area (Å²) in [5, 5.41) is 31.0. The summed E-state index contributed by atoms with van der Waals surface area (Å²) in [4.78, 5) is 25.5. The fourth-order valence-corrected chi connectivity index (χ4v) is 8.65. The van der Waals surface area contributed by atoms with Gasteiger partial charge in [0.2, 0.25) is 0 Å². The van der Waals surface area contributed by atoms with Gasteiger partial charge in [0.05, 0.1) is 6.61 Å². The molecule has 0 aliphatic carbocycles. The number of aliphatic hydroxyl groups excluding tert-OH is 3. The Bertz CT molecular complexity index is 1270. The number of aliphatic hydroxyl groups is 3. The molecule has 13 heteroatoms. The molecule has 2 unspecified atom stereocenters. The zero-order chi connectivity index (χ0) is 46.9. The van der Waals surface area contributed by atoms with Crippen LogP contribution in [-0.2, 0) is 38.7 Å². The Kier molecular flexibility index (Phi) is 38.8. The molecule has 0 aromatic heterocycles. The van der Waals surface area contributed by atoms with Gasteiger partial charge in [-0.2, -0.15) is 8.42 Å². The van der Waals surface area contributed by atoms with Crippen LogP contribution in [0, 0.1) is 0 Å². The minimum absolute atomic E-state index is 0.161. The van der Waals surface area contributed by atoms with E-state index in [9.17, 15) is 37.9 Å². The molecule has 0 spiro atoms. The lowest BCUT2D eigenvalue weighted by atomic mass is 10.00. The van der Waals surface area contributed by atoms with Crippen LogP contribution in [0.4, 0.5) is 0 Å². The maximum absolute atomic E-state index is 12.9. The molecule has 0 amide bonds. The third-order valence-electron chi connectivity index (χ3n) is 12.0. The number of allylic oxidation sites excluding steroid dienone is 4. The highest BCUT2D eigenvalue weighted by atomic mass is 32.2. The SMILES string of the molecule is CCCCCCCC/C=C/CCCCCCCCCCCC(=O)OC[C@H](CO[C@H]1O[C@H](CS(=O)(=O)O)[C@@H](O)C(O)C1O)OC(=O)CCCCCCCCC/C=C/CCCCCCCC. The predicted octanol–water partition coefficient (Wildman–Crippen LogP) is 11.6. The van der Waals surface area contributed by atoms with Crippen LogP contribution < -0.4 is 0 Å². The smallest absolute Gasteiger partial charge is 0.306 e. The Morgan fingerprint density at radius 2 is 0.891 bits per heavy atom. The Balaban J connectivity index is 2.37. The summed E-state index contributed by atoms with van der Waals surface area (Å²) >= 11 is 0. The molecule has 0 saturated carbocycles. The third-order valence-corrected chi connectivity index (χ3v) is 12.8. The molecule has 0 bridgehead atoms. The molecule has 12 nitrogen and oxygen atoms in total. The van der Waals surface area contributed by atoms with Crippen molar-refractivity contribution in [1.29, 1.82) is 0 Å². The molecular formula is C51H94O12S. The standard InChI is InChI=1S/C51H94O12S/c1-3-5-7-9-11-13-15-17-19-21-22-24-25-27-29-31-33-35-37-39-46(52)60-41-44(42-61-51-50(56)49(55)48(54)45(63-51)43-64(57,58)59)62-47(53)40-38-36-34-32-30-28-26-23-20-18-16-14-12-10-8-6-4-2/h17-20,44-45,48-51,54-56H,3-16,21-43H2,1-2H3,(H,57,58,59)/b19-17+,20-18+/t44-,45-,48-,49?,50?,51+/m1/s1. The highest BCUT2D eigenvalue weighted by Crippen LogP contribution is 2.24. The summed E-state index contributed by atoms with van der Waals surface area (Å²) in [6.07, 6.45) is 37.8. The van der Waals surface area contributed by atoms with Crippen molar-refractivity contribution in [2.45, 2.75) is 269 Å². The van der Waals surface area contributed by atoms with Gasteiger partial charge in [0.15, 0.2) is 12.4 Å². The van der Waals surface area contributed by atoms with Gasteiger partial charge >= 0.3 is 11.9 Å². The Morgan fingerprint density at radius 3 is 1.30 bits per heavy atom. The van der Waals surface area contributed by atoms with Crippen LogP contribution in [0.2, 0.25) is 0 Å². The van der Waals surface area contributed by atoms with Crippen LogP contribution in [0.1, 0.15) is 232 Å². The molecule has 4 N–H and O–H groups in total. The lowest BCUT2D eigenvalue weighted by Gasteiger charge is -2.40. The number of unbranched alkanes of at least 4 members (excludes halogenated alkanes) is 28. The first-order valence-corrected chi connectivity index (χ1v) is 27.5. The molecule has 1 saturated heterocycles. The van der Waals surface area contributed by atoms with Crippen molar-refractivity contribution < 1.29 is 56.8 Å².